The molecule has 0 bridgehead atoms. The Labute approximate surface area is 157 Å². The van der Waals surface area contributed by atoms with Crippen molar-refractivity contribution in [1.29, 1.82) is 0 Å². The minimum Gasteiger partial charge on any atom is -0.461 e. The first-order chi connectivity index (χ1) is 12.7. The molecule has 4 heteroatoms. The van der Waals surface area contributed by atoms with Gasteiger partial charge in [-0.15, -0.1) is 0 Å². The first-order valence-corrected chi connectivity index (χ1v) is 9.68. The molecule has 2 aliphatic rings. The highest BCUT2D eigenvalue weighted by Gasteiger charge is 2.17. The van der Waals surface area contributed by atoms with Crippen molar-refractivity contribution in [2.45, 2.75) is 64.9 Å². The van der Waals surface area contributed by atoms with Gasteiger partial charge >= 0.3 is 5.97 Å². The molecule has 0 aromatic rings. The van der Waals surface area contributed by atoms with Crippen LogP contribution in [0.15, 0.2) is 40.6 Å². The van der Waals surface area contributed by atoms with Crippen molar-refractivity contribution in [3.05, 3.63) is 35.6 Å². The van der Waals surface area contributed by atoms with E-state index in [1.54, 1.807) is 0 Å². The molecule has 0 aromatic heterocycles. The van der Waals surface area contributed by atoms with Gasteiger partial charge in [0.1, 0.15) is 11.8 Å². The van der Waals surface area contributed by atoms with Crippen molar-refractivity contribution in [3.63, 3.8) is 0 Å². The number of carbonyl (C=O) groups excluding carboxylic acids is 1. The van der Waals surface area contributed by atoms with Crippen LogP contribution >= 0.6 is 0 Å². The highest BCUT2D eigenvalue weighted by molar-refractivity contribution is 6.06. The number of esters is 1. The Balaban J connectivity index is 1.97. The van der Waals surface area contributed by atoms with Crippen LogP contribution in [-0.4, -0.2) is 31.0 Å². The Morgan fingerprint density at radius 1 is 1.27 bits per heavy atom. The number of carbonyl (C=O) groups is 1. The van der Waals surface area contributed by atoms with E-state index < -0.39 is 0 Å². The zero-order valence-electron chi connectivity index (χ0n) is 15.9. The van der Waals surface area contributed by atoms with Crippen molar-refractivity contribution < 1.29 is 14.3 Å². The summed E-state index contributed by atoms with van der Waals surface area (Å²) in [5.41, 5.74) is 2.36. The van der Waals surface area contributed by atoms with E-state index in [1.807, 2.05) is 25.2 Å². The number of rotatable bonds is 9. The first-order valence-electron chi connectivity index (χ1n) is 9.68. The molecule has 0 radical (unpaired) electrons. The molecule has 26 heavy (non-hydrogen) atoms. The molecule has 0 amide bonds. The normalized spacial score (nSPS) is 22.5. The van der Waals surface area contributed by atoms with Gasteiger partial charge < -0.3 is 9.47 Å². The summed E-state index contributed by atoms with van der Waals surface area (Å²) in [4.78, 5) is 16.8. The van der Waals surface area contributed by atoms with Gasteiger partial charge in [-0.1, -0.05) is 56.3 Å². The third-order valence-electron chi connectivity index (χ3n) is 4.21. The van der Waals surface area contributed by atoms with Crippen molar-refractivity contribution >= 4 is 11.7 Å². The van der Waals surface area contributed by atoms with Crippen molar-refractivity contribution in [2.75, 3.05) is 13.2 Å². The molecule has 0 N–H and O–H groups in total. The topological polar surface area (TPSA) is 47.9 Å². The lowest BCUT2D eigenvalue weighted by Gasteiger charge is -2.15. The van der Waals surface area contributed by atoms with Gasteiger partial charge in [0.05, 0.1) is 6.61 Å². The Kier molecular flexibility index (Phi) is 8.92. The summed E-state index contributed by atoms with van der Waals surface area (Å²) in [6, 6.07) is 0. The minimum atomic E-state index is -0.318. The molecule has 1 aliphatic heterocycles. The average molecular weight is 355 g/mol. The van der Waals surface area contributed by atoms with Crippen LogP contribution in [0.4, 0.5) is 0 Å². The molecule has 2 rings (SSSR count). The van der Waals surface area contributed by atoms with Crippen LogP contribution in [0.3, 0.4) is 0 Å². The summed E-state index contributed by atoms with van der Waals surface area (Å²) in [5.74, 6) is 5.87. The van der Waals surface area contributed by atoms with Crippen molar-refractivity contribution in [2.24, 2.45) is 4.99 Å². The highest BCUT2D eigenvalue weighted by Crippen LogP contribution is 2.19. The molecule has 0 fully saturated rings. The fourth-order valence-electron chi connectivity index (χ4n) is 2.82. The second kappa shape index (κ2) is 11.5. The maximum Gasteiger partial charge on any atom is 0.356 e. The lowest BCUT2D eigenvalue weighted by atomic mass is 9.99. The minimum absolute atomic E-state index is 0.184. The van der Waals surface area contributed by atoms with Gasteiger partial charge in [-0.3, -0.25) is 0 Å². The summed E-state index contributed by atoms with van der Waals surface area (Å²) < 4.78 is 10.9. The number of aliphatic imine (C=N–C) groups is 1. The van der Waals surface area contributed by atoms with Crippen LogP contribution in [0.1, 0.15) is 58.8 Å². The molecule has 0 spiro atoms. The highest BCUT2D eigenvalue weighted by atomic mass is 16.5. The summed E-state index contributed by atoms with van der Waals surface area (Å²) >= 11 is 0. The maximum atomic E-state index is 12.2. The molecule has 1 aliphatic carbocycles. The standard InChI is InChI=1S/C22H29NO3/c1-3-5-6-9-17-26-22(24)21-14-10-13-20(23-21)18-11-7-8-12-19(16-15-18)25-4-2/h11,14-16,19H,3-7,9-10,13,17H2,1-2H3/b16-15-,18-11+. The van der Waals surface area contributed by atoms with Gasteiger partial charge in [0, 0.05) is 18.7 Å². The summed E-state index contributed by atoms with van der Waals surface area (Å²) in [7, 11) is 0. The third kappa shape index (κ3) is 6.65. The molecule has 1 heterocycles. The van der Waals surface area contributed by atoms with E-state index in [1.165, 1.54) is 12.8 Å². The SMILES string of the molecule is CCCCCCOC(=O)C1=CCCC(C2=C/CC#CC(OCC)/C=C\2)=N1. The van der Waals surface area contributed by atoms with E-state index in [-0.39, 0.29) is 12.1 Å². The van der Waals surface area contributed by atoms with Gasteiger partial charge in [0.15, 0.2) is 0 Å². The van der Waals surface area contributed by atoms with E-state index >= 15 is 0 Å². The molecule has 140 valence electrons. The van der Waals surface area contributed by atoms with Crippen molar-refractivity contribution in [1.82, 2.24) is 0 Å². The Morgan fingerprint density at radius 2 is 2.15 bits per heavy atom. The molecule has 1 unspecified atom stereocenters. The van der Waals surface area contributed by atoms with Crippen LogP contribution in [0.5, 0.6) is 0 Å². The molecular weight excluding hydrogens is 326 g/mol. The lowest BCUT2D eigenvalue weighted by molar-refractivity contribution is -0.139. The van der Waals surface area contributed by atoms with Gasteiger partial charge in [0.25, 0.3) is 0 Å². The van der Waals surface area contributed by atoms with Gasteiger partial charge in [-0.2, -0.15) is 0 Å². The second-order valence-electron chi connectivity index (χ2n) is 6.30. The van der Waals surface area contributed by atoms with Crippen molar-refractivity contribution in [3.8, 4) is 11.8 Å². The molecule has 1 atom stereocenters. The summed E-state index contributed by atoms with van der Waals surface area (Å²) in [6.45, 7) is 5.22. The molecule has 0 saturated heterocycles. The van der Waals surface area contributed by atoms with Crippen LogP contribution < -0.4 is 0 Å². The smallest absolute Gasteiger partial charge is 0.356 e. The van der Waals surface area contributed by atoms with Crippen LogP contribution in [-0.2, 0) is 14.3 Å². The Bertz CT molecular complexity index is 659. The van der Waals surface area contributed by atoms with E-state index in [0.29, 0.717) is 25.3 Å². The number of allylic oxidation sites excluding steroid dienone is 4. The first kappa shape index (κ1) is 20.2. The number of unbranched alkanes of at least 4 members (excludes halogenated alkanes) is 3. The number of nitrogens with zero attached hydrogens (tertiary/aromatic N) is 1. The summed E-state index contributed by atoms with van der Waals surface area (Å²) in [5, 5.41) is 0. The fourth-order valence-corrected chi connectivity index (χ4v) is 2.82. The second-order valence-corrected chi connectivity index (χ2v) is 6.30. The van der Waals surface area contributed by atoms with E-state index in [2.05, 4.69) is 29.8 Å². The molecule has 0 aromatic carbocycles. The van der Waals surface area contributed by atoms with Crippen LogP contribution in [0, 0.1) is 11.8 Å². The van der Waals surface area contributed by atoms with Gasteiger partial charge in [0.2, 0.25) is 0 Å². The zero-order valence-corrected chi connectivity index (χ0v) is 15.9. The van der Waals surface area contributed by atoms with Gasteiger partial charge in [-0.25, -0.2) is 9.79 Å². The van der Waals surface area contributed by atoms with Gasteiger partial charge in [-0.05, 0) is 37.8 Å². The number of ether oxygens (including phenoxy) is 2. The van der Waals surface area contributed by atoms with E-state index in [0.717, 1.165) is 37.0 Å². The maximum absolute atomic E-state index is 12.2. The van der Waals surface area contributed by atoms with E-state index in [4.69, 9.17) is 9.47 Å². The predicted octanol–water partition coefficient (Wildman–Crippen LogP) is 4.52. The fraction of sp³-hybridized carbons (Fsp3) is 0.545. The third-order valence-corrected chi connectivity index (χ3v) is 4.21. The monoisotopic (exact) mass is 355 g/mol. The predicted molar refractivity (Wildman–Crippen MR) is 105 cm³/mol. The lowest BCUT2D eigenvalue weighted by Crippen LogP contribution is -2.14. The largest absolute Gasteiger partial charge is 0.461 e. The summed E-state index contributed by atoms with van der Waals surface area (Å²) in [6.07, 6.45) is 14.3. The van der Waals surface area contributed by atoms with E-state index in [9.17, 15) is 4.79 Å². The Morgan fingerprint density at radius 3 is 2.96 bits per heavy atom. The molecule has 4 nitrogen and oxygen atoms in total. The van der Waals surface area contributed by atoms with Crippen LogP contribution in [0.25, 0.3) is 0 Å². The molecular formula is C22H29NO3. The average Bonchev–Trinajstić information content (AvgIpc) is 2.64. The Hall–Kier alpha value is -2.12. The molecule has 0 saturated carbocycles. The number of hydrogen-bond acceptors (Lipinski definition) is 4. The number of hydrogen-bond donors (Lipinski definition) is 0. The zero-order chi connectivity index (χ0) is 18.6. The quantitative estimate of drug-likeness (QED) is 0.347. The van der Waals surface area contributed by atoms with Crippen LogP contribution in [0.2, 0.25) is 0 Å².